The number of ether oxygens (including phenoxy) is 1. The van der Waals surface area contributed by atoms with Crippen LogP contribution in [0.2, 0.25) is 0 Å². The van der Waals surface area contributed by atoms with Crippen molar-refractivity contribution >= 4 is 46.6 Å². The van der Waals surface area contributed by atoms with E-state index < -0.39 is 18.2 Å². The van der Waals surface area contributed by atoms with E-state index in [9.17, 15) is 19.8 Å². The summed E-state index contributed by atoms with van der Waals surface area (Å²) >= 11 is 4.48. The maximum atomic E-state index is 12.2. The number of carboxylic acid groups (broad SMARTS) is 1. The minimum atomic E-state index is -0.821. The van der Waals surface area contributed by atoms with Gasteiger partial charge >= 0.3 is 5.97 Å². The molecule has 1 aromatic rings. The first-order chi connectivity index (χ1) is 13.9. The number of rotatable bonds is 13. The number of thioether (sulfide) groups is 2. The fourth-order valence-corrected chi connectivity index (χ4v) is 6.35. The van der Waals surface area contributed by atoms with Crippen molar-refractivity contribution in [2.45, 2.75) is 43.3 Å². The third-order valence-electron chi connectivity index (χ3n) is 4.45. The Morgan fingerprint density at radius 3 is 2.86 bits per heavy atom. The Balaban J connectivity index is 1.81. The average Bonchev–Trinajstić information content (AvgIpc) is 3.20. The topological polar surface area (TPSA) is 104 Å². The molecule has 0 bridgehead atoms. The number of carbonyl (C=O) groups excluding carboxylic acids is 1. The minimum absolute atomic E-state index is 0.0345. The molecule has 1 heterocycles. The SMILES string of the molecule is COCc1ccc(CC(O)C=C[C@H]2C(O)CC(=O)C2SCCCSCC(=O)O)s1. The summed E-state index contributed by atoms with van der Waals surface area (Å²) < 4.78 is 5.10. The highest BCUT2D eigenvalue weighted by Crippen LogP contribution is 2.34. The molecule has 4 atom stereocenters. The summed E-state index contributed by atoms with van der Waals surface area (Å²) in [6, 6.07) is 3.96. The normalized spacial score (nSPS) is 23.1. The van der Waals surface area contributed by atoms with Crippen molar-refractivity contribution in [3.63, 3.8) is 0 Å². The summed E-state index contributed by atoms with van der Waals surface area (Å²) in [5, 5.41) is 28.9. The van der Waals surface area contributed by atoms with Crippen LogP contribution in [-0.2, 0) is 27.4 Å². The number of Topliss-reactive ketones (excluding diaryl/α,β-unsaturated/α-hetero) is 1. The van der Waals surface area contributed by atoms with Crippen molar-refractivity contribution in [3.8, 4) is 0 Å². The van der Waals surface area contributed by atoms with Gasteiger partial charge in [0.15, 0.2) is 0 Å². The van der Waals surface area contributed by atoms with Gasteiger partial charge in [-0.15, -0.1) is 23.1 Å². The van der Waals surface area contributed by atoms with Crippen LogP contribution in [-0.4, -0.2) is 68.9 Å². The number of aliphatic hydroxyl groups is 2. The lowest BCUT2D eigenvalue weighted by atomic mass is 10.0. The standard InChI is InChI=1S/C20H28O6S3/c1-26-11-15-5-4-14(29-15)9-13(21)3-6-16-17(22)10-18(23)20(16)28-8-2-7-27-12-19(24)25/h3-6,13,16-17,20-22H,2,7-12H2,1H3,(H,24,25)/t13?,16-,17?,20?/m0/s1. The van der Waals surface area contributed by atoms with Gasteiger partial charge < -0.3 is 20.1 Å². The number of hydrogen-bond acceptors (Lipinski definition) is 8. The van der Waals surface area contributed by atoms with Gasteiger partial charge in [0.1, 0.15) is 5.78 Å². The van der Waals surface area contributed by atoms with Gasteiger partial charge in [-0.3, -0.25) is 9.59 Å². The summed E-state index contributed by atoms with van der Waals surface area (Å²) in [4.78, 5) is 24.9. The van der Waals surface area contributed by atoms with E-state index in [0.29, 0.717) is 13.0 Å². The molecule has 1 aliphatic carbocycles. The summed E-state index contributed by atoms with van der Waals surface area (Å²) in [7, 11) is 1.65. The molecule has 0 spiro atoms. The maximum absolute atomic E-state index is 12.2. The van der Waals surface area contributed by atoms with Gasteiger partial charge in [-0.05, 0) is 30.1 Å². The molecular formula is C20H28O6S3. The largest absolute Gasteiger partial charge is 0.481 e. The highest BCUT2D eigenvalue weighted by atomic mass is 32.2. The molecular weight excluding hydrogens is 432 g/mol. The van der Waals surface area contributed by atoms with Crippen LogP contribution in [0.1, 0.15) is 22.6 Å². The molecule has 0 radical (unpaired) electrons. The van der Waals surface area contributed by atoms with Gasteiger partial charge in [-0.2, -0.15) is 11.8 Å². The number of ketones is 1. The Morgan fingerprint density at radius 2 is 2.14 bits per heavy atom. The van der Waals surface area contributed by atoms with Crippen LogP contribution in [0.15, 0.2) is 24.3 Å². The van der Waals surface area contributed by atoms with Crippen LogP contribution < -0.4 is 0 Å². The van der Waals surface area contributed by atoms with Crippen LogP contribution in [0, 0.1) is 5.92 Å². The molecule has 0 saturated heterocycles. The molecule has 29 heavy (non-hydrogen) atoms. The summed E-state index contributed by atoms with van der Waals surface area (Å²) in [6.45, 7) is 0.556. The Kier molecular flexibility index (Phi) is 10.8. The van der Waals surface area contributed by atoms with E-state index in [4.69, 9.17) is 9.84 Å². The van der Waals surface area contributed by atoms with Gasteiger partial charge in [0.25, 0.3) is 0 Å². The van der Waals surface area contributed by atoms with Crippen LogP contribution in [0.3, 0.4) is 0 Å². The van der Waals surface area contributed by atoms with Crippen molar-refractivity contribution in [2.75, 3.05) is 24.4 Å². The molecule has 1 aromatic heterocycles. The minimum Gasteiger partial charge on any atom is -0.481 e. The second kappa shape index (κ2) is 12.8. The van der Waals surface area contributed by atoms with Crippen molar-refractivity contribution in [3.05, 3.63) is 34.0 Å². The zero-order valence-corrected chi connectivity index (χ0v) is 18.8. The van der Waals surface area contributed by atoms with E-state index in [0.717, 1.165) is 27.7 Å². The first-order valence-electron chi connectivity index (χ1n) is 9.45. The van der Waals surface area contributed by atoms with Gasteiger partial charge in [-0.25, -0.2) is 0 Å². The predicted octanol–water partition coefficient (Wildman–Crippen LogP) is 2.61. The molecule has 2 rings (SSSR count). The van der Waals surface area contributed by atoms with E-state index in [-0.39, 0.29) is 29.1 Å². The number of aliphatic hydroxyl groups excluding tert-OH is 2. The van der Waals surface area contributed by atoms with Crippen molar-refractivity contribution < 1.29 is 29.6 Å². The second-order valence-electron chi connectivity index (χ2n) is 6.86. The Morgan fingerprint density at radius 1 is 1.38 bits per heavy atom. The zero-order valence-electron chi connectivity index (χ0n) is 16.4. The van der Waals surface area contributed by atoms with Gasteiger partial charge in [-0.1, -0.05) is 12.2 Å². The number of thiophene rings is 1. The second-order valence-corrected chi connectivity index (χ2v) is 10.5. The van der Waals surface area contributed by atoms with E-state index in [1.807, 2.05) is 12.1 Å². The van der Waals surface area contributed by atoms with Crippen molar-refractivity contribution in [1.82, 2.24) is 0 Å². The number of methoxy groups -OCH3 is 1. The molecule has 3 N–H and O–H groups in total. The molecule has 0 aliphatic heterocycles. The lowest BCUT2D eigenvalue weighted by Crippen LogP contribution is -2.22. The van der Waals surface area contributed by atoms with Gasteiger partial charge in [0.2, 0.25) is 0 Å². The maximum Gasteiger partial charge on any atom is 0.313 e. The van der Waals surface area contributed by atoms with Crippen LogP contribution in [0.4, 0.5) is 0 Å². The van der Waals surface area contributed by atoms with Gasteiger partial charge in [0.05, 0.1) is 29.8 Å². The fourth-order valence-electron chi connectivity index (χ4n) is 3.12. The number of aliphatic carboxylic acids is 1. The number of hydrogen-bond donors (Lipinski definition) is 3. The Labute approximate surface area is 183 Å². The summed E-state index contributed by atoms with van der Waals surface area (Å²) in [5.74, 6) is 0.464. The quantitative estimate of drug-likeness (QED) is 0.305. The predicted molar refractivity (Wildman–Crippen MR) is 119 cm³/mol. The van der Waals surface area contributed by atoms with Crippen molar-refractivity contribution in [2.24, 2.45) is 5.92 Å². The fraction of sp³-hybridized carbons (Fsp3) is 0.600. The molecule has 1 aliphatic rings. The van der Waals surface area contributed by atoms with Crippen LogP contribution in [0.25, 0.3) is 0 Å². The molecule has 0 aromatic carbocycles. The van der Waals surface area contributed by atoms with Crippen LogP contribution in [0.5, 0.6) is 0 Å². The molecule has 9 heteroatoms. The van der Waals surface area contributed by atoms with Crippen molar-refractivity contribution in [1.29, 1.82) is 0 Å². The summed E-state index contributed by atoms with van der Waals surface area (Å²) in [5.41, 5.74) is 0. The third-order valence-corrected chi connectivity index (χ3v) is 8.02. The first-order valence-corrected chi connectivity index (χ1v) is 12.5. The van der Waals surface area contributed by atoms with E-state index in [1.54, 1.807) is 30.6 Å². The molecule has 3 unspecified atom stereocenters. The molecule has 1 saturated carbocycles. The van der Waals surface area contributed by atoms with E-state index in [2.05, 4.69) is 0 Å². The highest BCUT2D eigenvalue weighted by Gasteiger charge is 2.40. The van der Waals surface area contributed by atoms with Gasteiger partial charge in [0, 0.05) is 35.6 Å². The molecule has 6 nitrogen and oxygen atoms in total. The van der Waals surface area contributed by atoms with E-state index >= 15 is 0 Å². The molecule has 162 valence electrons. The molecule has 1 fully saturated rings. The summed E-state index contributed by atoms with van der Waals surface area (Å²) in [6.07, 6.45) is 3.50. The smallest absolute Gasteiger partial charge is 0.313 e. The Bertz CT molecular complexity index is 690. The first kappa shape index (κ1) is 24.4. The molecule has 0 amide bonds. The lowest BCUT2D eigenvalue weighted by molar-refractivity contribution is -0.133. The monoisotopic (exact) mass is 460 g/mol. The number of carboxylic acids is 1. The highest BCUT2D eigenvalue weighted by molar-refractivity contribution is 8.01. The number of carbonyl (C=O) groups is 2. The average molecular weight is 461 g/mol. The van der Waals surface area contributed by atoms with E-state index in [1.165, 1.54) is 23.5 Å². The zero-order chi connectivity index (χ0) is 21.2. The lowest BCUT2D eigenvalue weighted by Gasteiger charge is -2.17. The Hall–Kier alpha value is -0.840. The van der Waals surface area contributed by atoms with Crippen LogP contribution >= 0.6 is 34.9 Å². The third kappa shape index (κ3) is 8.43.